The molecule has 3 amide bonds. The second-order valence-corrected chi connectivity index (χ2v) is 5.89. The van der Waals surface area contributed by atoms with Crippen LogP contribution in [0.1, 0.15) is 12.0 Å². The molecule has 1 aliphatic heterocycles. The number of thioether (sulfide) groups is 1. The Morgan fingerprint density at radius 2 is 2.24 bits per heavy atom. The van der Waals surface area contributed by atoms with E-state index in [1.807, 2.05) is 25.1 Å². The largest absolute Gasteiger partial charge is 0.326 e. The Bertz CT molecular complexity index is 600. The zero-order valence-electron chi connectivity index (χ0n) is 11.7. The highest BCUT2D eigenvalue weighted by Crippen LogP contribution is 2.29. The molecule has 0 saturated carbocycles. The van der Waals surface area contributed by atoms with Crippen LogP contribution in [0.15, 0.2) is 36.9 Å². The van der Waals surface area contributed by atoms with Crippen LogP contribution in [-0.2, 0) is 9.59 Å². The minimum atomic E-state index is -0.651. The van der Waals surface area contributed by atoms with Crippen molar-refractivity contribution in [3.8, 4) is 0 Å². The Hall–Kier alpha value is -2.08. The summed E-state index contributed by atoms with van der Waals surface area (Å²) in [6.45, 7) is 5.62. The Labute approximate surface area is 127 Å². The van der Waals surface area contributed by atoms with E-state index in [1.165, 1.54) is 6.08 Å². The van der Waals surface area contributed by atoms with E-state index < -0.39 is 5.25 Å². The summed E-state index contributed by atoms with van der Waals surface area (Å²) >= 11 is 0.893. The first-order valence-electron chi connectivity index (χ1n) is 6.50. The molecule has 6 heteroatoms. The van der Waals surface area contributed by atoms with Gasteiger partial charge in [-0.3, -0.25) is 19.3 Å². The third kappa shape index (κ3) is 3.72. The molecular formula is C15H16N2O3S. The normalized spacial score (nSPS) is 18.0. The van der Waals surface area contributed by atoms with E-state index in [0.29, 0.717) is 5.69 Å². The van der Waals surface area contributed by atoms with Crippen LogP contribution in [0.25, 0.3) is 0 Å². The van der Waals surface area contributed by atoms with Gasteiger partial charge in [0.05, 0.1) is 0 Å². The number of benzene rings is 1. The van der Waals surface area contributed by atoms with Gasteiger partial charge in [-0.05, 0) is 24.6 Å². The van der Waals surface area contributed by atoms with Gasteiger partial charge >= 0.3 is 0 Å². The molecule has 21 heavy (non-hydrogen) atoms. The highest BCUT2D eigenvalue weighted by molar-refractivity contribution is 8.15. The molecule has 1 aliphatic rings. The molecule has 0 bridgehead atoms. The fraction of sp³-hybridized carbons (Fsp3) is 0.267. The number of nitrogens with zero attached hydrogens (tertiary/aromatic N) is 1. The van der Waals surface area contributed by atoms with Crippen LogP contribution in [0, 0.1) is 6.92 Å². The van der Waals surface area contributed by atoms with Gasteiger partial charge in [0, 0.05) is 18.7 Å². The van der Waals surface area contributed by atoms with Crippen LogP contribution in [-0.4, -0.2) is 33.7 Å². The molecule has 5 nitrogen and oxygen atoms in total. The van der Waals surface area contributed by atoms with Gasteiger partial charge in [0.2, 0.25) is 11.8 Å². The van der Waals surface area contributed by atoms with Gasteiger partial charge in [-0.25, -0.2) is 0 Å². The summed E-state index contributed by atoms with van der Waals surface area (Å²) < 4.78 is 0. The zero-order valence-corrected chi connectivity index (χ0v) is 12.5. The lowest BCUT2D eigenvalue weighted by Crippen LogP contribution is -2.33. The van der Waals surface area contributed by atoms with Crippen LogP contribution in [0.5, 0.6) is 0 Å². The van der Waals surface area contributed by atoms with Crippen molar-refractivity contribution in [3.05, 3.63) is 42.5 Å². The van der Waals surface area contributed by atoms with Crippen molar-refractivity contribution in [2.24, 2.45) is 0 Å². The van der Waals surface area contributed by atoms with Gasteiger partial charge < -0.3 is 5.32 Å². The topological polar surface area (TPSA) is 66.5 Å². The number of rotatable bonds is 5. The van der Waals surface area contributed by atoms with Gasteiger partial charge in [0.15, 0.2) is 0 Å². The van der Waals surface area contributed by atoms with Crippen molar-refractivity contribution in [2.75, 3.05) is 11.9 Å². The number of nitrogens with one attached hydrogen (secondary N) is 1. The van der Waals surface area contributed by atoms with E-state index in [9.17, 15) is 14.4 Å². The van der Waals surface area contributed by atoms with E-state index in [0.717, 1.165) is 22.2 Å². The molecule has 1 N–H and O–H groups in total. The molecule has 1 atom stereocenters. The number of carbonyl (C=O) groups is 3. The number of aryl methyl sites for hydroxylation is 1. The van der Waals surface area contributed by atoms with Gasteiger partial charge in [-0.1, -0.05) is 30.0 Å². The average Bonchev–Trinajstić information content (AvgIpc) is 2.67. The summed E-state index contributed by atoms with van der Waals surface area (Å²) in [6.07, 6.45) is 1.47. The first-order chi connectivity index (χ1) is 10.0. The lowest BCUT2D eigenvalue weighted by Gasteiger charge is -2.11. The van der Waals surface area contributed by atoms with Crippen molar-refractivity contribution in [2.45, 2.75) is 18.6 Å². The predicted molar refractivity (Wildman–Crippen MR) is 83.1 cm³/mol. The molecule has 110 valence electrons. The second kappa shape index (κ2) is 6.58. The van der Waals surface area contributed by atoms with Gasteiger partial charge in [-0.2, -0.15) is 0 Å². The SMILES string of the molecule is C=CCN1C(=O)S[C@@H](CC(=O)Nc2cccc(C)c2)C1=O. The molecule has 2 rings (SSSR count). The maximum atomic E-state index is 12.0. The highest BCUT2D eigenvalue weighted by Gasteiger charge is 2.39. The maximum absolute atomic E-state index is 12.0. The molecule has 0 unspecified atom stereocenters. The lowest BCUT2D eigenvalue weighted by molar-refractivity contribution is -0.128. The predicted octanol–water partition coefficient (Wildman–Crippen LogP) is 2.57. The minimum absolute atomic E-state index is 0.0170. The van der Waals surface area contributed by atoms with E-state index >= 15 is 0 Å². The summed E-state index contributed by atoms with van der Waals surface area (Å²) in [5.41, 5.74) is 1.72. The van der Waals surface area contributed by atoms with Crippen molar-refractivity contribution in [1.82, 2.24) is 4.90 Å². The Morgan fingerprint density at radius 3 is 2.90 bits per heavy atom. The molecular weight excluding hydrogens is 288 g/mol. The van der Waals surface area contributed by atoms with Gasteiger partial charge in [0.25, 0.3) is 5.24 Å². The van der Waals surface area contributed by atoms with Crippen LogP contribution >= 0.6 is 11.8 Å². The molecule has 1 aromatic carbocycles. The fourth-order valence-corrected chi connectivity index (χ4v) is 3.02. The van der Waals surface area contributed by atoms with Crippen LogP contribution in [0.3, 0.4) is 0 Å². The number of hydrogen-bond acceptors (Lipinski definition) is 4. The fourth-order valence-electron chi connectivity index (χ4n) is 2.03. The highest BCUT2D eigenvalue weighted by atomic mass is 32.2. The van der Waals surface area contributed by atoms with Crippen molar-refractivity contribution in [3.63, 3.8) is 0 Å². The third-order valence-electron chi connectivity index (χ3n) is 2.99. The summed E-state index contributed by atoms with van der Waals surface area (Å²) in [5.74, 6) is -0.607. The molecule has 1 saturated heterocycles. The summed E-state index contributed by atoms with van der Waals surface area (Å²) in [7, 11) is 0. The number of carbonyl (C=O) groups excluding carboxylic acids is 3. The number of anilines is 1. The maximum Gasteiger partial charge on any atom is 0.289 e. The van der Waals surface area contributed by atoms with E-state index in [4.69, 9.17) is 0 Å². The molecule has 1 fully saturated rings. The lowest BCUT2D eigenvalue weighted by atomic mass is 10.2. The summed E-state index contributed by atoms with van der Waals surface area (Å²) in [5, 5.41) is 1.76. The Morgan fingerprint density at radius 1 is 1.48 bits per heavy atom. The van der Waals surface area contributed by atoms with E-state index in [2.05, 4.69) is 11.9 Å². The van der Waals surface area contributed by atoms with Crippen LogP contribution < -0.4 is 5.32 Å². The summed E-state index contributed by atoms with van der Waals surface area (Å²) in [6, 6.07) is 7.40. The second-order valence-electron chi connectivity index (χ2n) is 4.73. The minimum Gasteiger partial charge on any atom is -0.326 e. The summed E-state index contributed by atoms with van der Waals surface area (Å²) in [4.78, 5) is 36.7. The number of imide groups is 1. The molecule has 1 aromatic rings. The van der Waals surface area contributed by atoms with E-state index in [-0.39, 0.29) is 30.0 Å². The molecule has 0 spiro atoms. The smallest absolute Gasteiger partial charge is 0.289 e. The van der Waals surface area contributed by atoms with Crippen LogP contribution in [0.4, 0.5) is 10.5 Å². The molecule has 0 radical (unpaired) electrons. The monoisotopic (exact) mass is 304 g/mol. The zero-order chi connectivity index (χ0) is 15.4. The van der Waals surface area contributed by atoms with Crippen molar-refractivity contribution < 1.29 is 14.4 Å². The van der Waals surface area contributed by atoms with Gasteiger partial charge in [-0.15, -0.1) is 6.58 Å². The first kappa shape index (κ1) is 15.3. The van der Waals surface area contributed by atoms with Crippen LogP contribution in [0.2, 0.25) is 0 Å². The Balaban J connectivity index is 1.96. The molecule has 1 heterocycles. The third-order valence-corrected chi connectivity index (χ3v) is 4.06. The first-order valence-corrected chi connectivity index (χ1v) is 7.38. The van der Waals surface area contributed by atoms with Crippen molar-refractivity contribution in [1.29, 1.82) is 0 Å². The molecule has 0 aromatic heterocycles. The quantitative estimate of drug-likeness (QED) is 0.849. The standard InChI is InChI=1S/C15H16N2O3S/c1-3-7-17-14(19)12(21-15(17)20)9-13(18)16-11-6-4-5-10(2)8-11/h3-6,8,12H,1,7,9H2,2H3,(H,16,18)/t12-/m0/s1. The Kier molecular flexibility index (Phi) is 4.80. The number of amides is 3. The van der Waals surface area contributed by atoms with Gasteiger partial charge in [0.1, 0.15) is 5.25 Å². The van der Waals surface area contributed by atoms with E-state index in [1.54, 1.807) is 6.07 Å². The molecule has 0 aliphatic carbocycles. The number of hydrogen-bond donors (Lipinski definition) is 1. The average molecular weight is 304 g/mol. The van der Waals surface area contributed by atoms with Crippen molar-refractivity contribution >= 4 is 34.5 Å².